The minimum absolute atomic E-state index is 0.101. The maximum absolute atomic E-state index is 12.9. The molecule has 1 aliphatic rings. The number of nitrogens with zero attached hydrogens (tertiary/aromatic N) is 4. The van der Waals surface area contributed by atoms with Crippen LogP contribution < -0.4 is 5.32 Å². The normalized spacial score (nSPS) is 18.4. The largest absolute Gasteiger partial charge is 0.366 e. The Morgan fingerprint density at radius 2 is 1.67 bits per heavy atom. The van der Waals surface area contributed by atoms with Crippen molar-refractivity contribution in [1.29, 1.82) is 0 Å². The van der Waals surface area contributed by atoms with Crippen molar-refractivity contribution in [2.45, 2.75) is 57.6 Å². The Kier molecular flexibility index (Phi) is 7.62. The monoisotopic (exact) mass is 397 g/mol. The molecule has 7 nitrogen and oxygen atoms in total. The van der Waals surface area contributed by atoms with Gasteiger partial charge in [-0.2, -0.15) is 4.31 Å². The highest BCUT2D eigenvalue weighted by atomic mass is 32.2. The number of aromatic nitrogens is 1. The van der Waals surface area contributed by atoms with E-state index in [0.717, 1.165) is 32.7 Å². The molecule has 0 amide bonds. The lowest BCUT2D eigenvalue weighted by atomic mass is 10.2. The molecule has 2 heterocycles. The van der Waals surface area contributed by atoms with Crippen molar-refractivity contribution in [3.05, 3.63) is 18.3 Å². The summed E-state index contributed by atoms with van der Waals surface area (Å²) in [7, 11) is -1.39. The number of likely N-dealkylation sites (N-methyl/N-ethyl adjacent to an activating group) is 1. The summed E-state index contributed by atoms with van der Waals surface area (Å²) in [5, 5.41) is 3.38. The molecular weight excluding hydrogens is 362 g/mol. The van der Waals surface area contributed by atoms with Crippen molar-refractivity contribution in [1.82, 2.24) is 19.1 Å². The minimum atomic E-state index is -3.54. The first-order valence-corrected chi connectivity index (χ1v) is 11.2. The topological polar surface area (TPSA) is 68.8 Å². The summed E-state index contributed by atoms with van der Waals surface area (Å²) in [5.41, 5.74) is 0. The molecule has 1 saturated heterocycles. The summed E-state index contributed by atoms with van der Waals surface area (Å²) in [5.74, 6) is 0.705. The average Bonchev–Trinajstić information content (AvgIpc) is 2.56. The Labute approximate surface area is 164 Å². The van der Waals surface area contributed by atoms with Gasteiger partial charge in [0.05, 0.1) is 0 Å². The van der Waals surface area contributed by atoms with Crippen molar-refractivity contribution >= 4 is 15.8 Å². The van der Waals surface area contributed by atoms with Crippen LogP contribution in [-0.2, 0) is 10.0 Å². The molecule has 154 valence electrons. The SMILES string of the molecule is CC(CN1CCN(C)CC1)Nc1ccc(S(=O)(=O)N(C(C)C)C(C)C)cn1. The maximum Gasteiger partial charge on any atom is 0.245 e. The van der Waals surface area contributed by atoms with Gasteiger partial charge in [-0.3, -0.25) is 4.90 Å². The smallest absolute Gasteiger partial charge is 0.245 e. The van der Waals surface area contributed by atoms with E-state index in [4.69, 9.17) is 0 Å². The summed E-state index contributed by atoms with van der Waals surface area (Å²) in [6.07, 6.45) is 1.46. The number of hydrogen-bond acceptors (Lipinski definition) is 6. The maximum atomic E-state index is 12.9. The van der Waals surface area contributed by atoms with Gasteiger partial charge in [0.25, 0.3) is 0 Å². The van der Waals surface area contributed by atoms with Gasteiger partial charge in [0.1, 0.15) is 10.7 Å². The zero-order valence-corrected chi connectivity index (χ0v) is 18.3. The van der Waals surface area contributed by atoms with Crippen molar-refractivity contribution in [3.63, 3.8) is 0 Å². The fraction of sp³-hybridized carbons (Fsp3) is 0.737. The fourth-order valence-electron chi connectivity index (χ4n) is 3.61. The number of piperazine rings is 1. The van der Waals surface area contributed by atoms with Gasteiger partial charge in [-0.25, -0.2) is 13.4 Å². The fourth-order valence-corrected chi connectivity index (χ4v) is 5.39. The molecule has 1 aliphatic heterocycles. The van der Waals surface area contributed by atoms with E-state index in [1.807, 2.05) is 27.7 Å². The van der Waals surface area contributed by atoms with E-state index < -0.39 is 10.0 Å². The van der Waals surface area contributed by atoms with Crippen LogP contribution in [0.25, 0.3) is 0 Å². The summed E-state index contributed by atoms with van der Waals surface area (Å²) >= 11 is 0. The number of sulfonamides is 1. The molecule has 0 aliphatic carbocycles. The highest BCUT2D eigenvalue weighted by molar-refractivity contribution is 7.89. The molecule has 1 aromatic heterocycles. The first kappa shape index (κ1) is 22.1. The van der Waals surface area contributed by atoms with Crippen LogP contribution in [0.4, 0.5) is 5.82 Å². The highest BCUT2D eigenvalue weighted by Crippen LogP contribution is 2.21. The van der Waals surface area contributed by atoms with Crippen molar-refractivity contribution in [2.24, 2.45) is 0 Å². The average molecular weight is 398 g/mol. The summed E-state index contributed by atoms with van der Waals surface area (Å²) in [6.45, 7) is 15.0. The first-order chi connectivity index (χ1) is 12.6. The quantitative estimate of drug-likeness (QED) is 0.723. The van der Waals surface area contributed by atoms with Gasteiger partial charge in [0.15, 0.2) is 0 Å². The Bertz CT molecular complexity index is 675. The van der Waals surface area contributed by atoms with Gasteiger partial charge in [-0.1, -0.05) is 0 Å². The number of anilines is 1. The van der Waals surface area contributed by atoms with Gasteiger partial charge in [-0.05, 0) is 53.8 Å². The molecule has 1 fully saturated rings. The molecule has 2 rings (SSSR count). The molecular formula is C19H35N5O2S. The highest BCUT2D eigenvalue weighted by Gasteiger charge is 2.29. The molecule has 1 N–H and O–H groups in total. The molecule has 8 heteroatoms. The van der Waals surface area contributed by atoms with Crippen LogP contribution in [0.15, 0.2) is 23.2 Å². The van der Waals surface area contributed by atoms with E-state index in [-0.39, 0.29) is 23.0 Å². The van der Waals surface area contributed by atoms with Crippen LogP contribution in [0.5, 0.6) is 0 Å². The predicted molar refractivity (Wildman–Crippen MR) is 111 cm³/mol. The van der Waals surface area contributed by atoms with Crippen molar-refractivity contribution in [2.75, 3.05) is 45.1 Å². The number of nitrogens with one attached hydrogen (secondary N) is 1. The van der Waals surface area contributed by atoms with Crippen molar-refractivity contribution < 1.29 is 8.42 Å². The molecule has 0 saturated carbocycles. The molecule has 27 heavy (non-hydrogen) atoms. The Balaban J connectivity index is 2.00. The molecule has 0 bridgehead atoms. The molecule has 1 unspecified atom stereocenters. The Hall–Kier alpha value is -1.22. The van der Waals surface area contributed by atoms with E-state index >= 15 is 0 Å². The standard InChI is InChI=1S/C19H35N5O2S/c1-15(2)24(16(3)4)27(25,26)18-7-8-19(20-13-18)21-17(5)14-23-11-9-22(6)10-12-23/h7-8,13,15-17H,9-12,14H2,1-6H3,(H,20,21). The van der Waals surface area contributed by atoms with E-state index in [0.29, 0.717) is 5.82 Å². The first-order valence-electron chi connectivity index (χ1n) is 9.78. The van der Waals surface area contributed by atoms with E-state index in [1.54, 1.807) is 12.1 Å². The molecule has 0 spiro atoms. The van der Waals surface area contributed by atoms with Crippen LogP contribution >= 0.6 is 0 Å². The van der Waals surface area contributed by atoms with E-state index in [1.165, 1.54) is 10.5 Å². The second-order valence-corrected chi connectivity index (χ2v) is 9.89. The van der Waals surface area contributed by atoms with E-state index in [9.17, 15) is 8.42 Å². The Morgan fingerprint density at radius 1 is 1.07 bits per heavy atom. The minimum Gasteiger partial charge on any atom is -0.366 e. The number of rotatable bonds is 8. The summed E-state index contributed by atoms with van der Waals surface area (Å²) < 4.78 is 27.3. The number of pyridine rings is 1. The molecule has 0 radical (unpaired) electrons. The zero-order valence-electron chi connectivity index (χ0n) is 17.5. The van der Waals surface area contributed by atoms with Gasteiger partial charge < -0.3 is 10.2 Å². The van der Waals surface area contributed by atoms with Gasteiger partial charge in [0, 0.05) is 57.0 Å². The van der Waals surface area contributed by atoms with Crippen LogP contribution in [0.2, 0.25) is 0 Å². The molecule has 0 aromatic carbocycles. The van der Waals surface area contributed by atoms with Crippen molar-refractivity contribution in [3.8, 4) is 0 Å². The van der Waals surface area contributed by atoms with Gasteiger partial charge >= 0.3 is 0 Å². The Morgan fingerprint density at radius 3 is 2.15 bits per heavy atom. The zero-order chi connectivity index (χ0) is 20.2. The molecule has 1 aromatic rings. The lowest BCUT2D eigenvalue weighted by Gasteiger charge is -2.34. The van der Waals surface area contributed by atoms with E-state index in [2.05, 4.69) is 34.1 Å². The lowest BCUT2D eigenvalue weighted by Crippen LogP contribution is -2.47. The third kappa shape index (κ3) is 5.88. The predicted octanol–water partition coefficient (Wildman–Crippen LogP) is 1.94. The van der Waals surface area contributed by atoms with Gasteiger partial charge in [0.2, 0.25) is 10.0 Å². The second-order valence-electron chi connectivity index (χ2n) is 8.05. The van der Waals surface area contributed by atoms with Crippen LogP contribution in [0.1, 0.15) is 34.6 Å². The van der Waals surface area contributed by atoms with Crippen LogP contribution in [0, 0.1) is 0 Å². The third-order valence-electron chi connectivity index (χ3n) is 4.85. The summed E-state index contributed by atoms with van der Waals surface area (Å²) in [4.78, 5) is 9.37. The number of hydrogen-bond donors (Lipinski definition) is 1. The van der Waals surface area contributed by atoms with Crippen LogP contribution in [-0.4, -0.2) is 85.4 Å². The van der Waals surface area contributed by atoms with Gasteiger partial charge in [-0.15, -0.1) is 0 Å². The third-order valence-corrected chi connectivity index (χ3v) is 7.09. The summed E-state index contributed by atoms with van der Waals surface area (Å²) in [6, 6.07) is 3.44. The lowest BCUT2D eigenvalue weighted by molar-refractivity contribution is 0.151. The molecule has 1 atom stereocenters. The second kappa shape index (κ2) is 9.32. The van der Waals surface area contributed by atoms with Crippen LogP contribution in [0.3, 0.4) is 0 Å².